The summed E-state index contributed by atoms with van der Waals surface area (Å²) in [5.74, 6) is 0. The fraction of sp³-hybridized carbons (Fsp3) is 0.533. The minimum absolute atomic E-state index is 0.156. The Hall–Kier alpha value is -0.780. The van der Waals surface area contributed by atoms with Crippen molar-refractivity contribution in [3.05, 3.63) is 33.4 Å². The highest BCUT2D eigenvalue weighted by Crippen LogP contribution is 2.35. The van der Waals surface area contributed by atoms with Gasteiger partial charge in [-0.25, -0.2) is 4.79 Å². The number of halogens is 1. The van der Waals surface area contributed by atoms with Crippen molar-refractivity contribution in [2.45, 2.75) is 45.3 Å². The van der Waals surface area contributed by atoms with Gasteiger partial charge in [0, 0.05) is 10.1 Å². The molecule has 1 aromatic carbocycles. The molecule has 2 rings (SSSR count). The maximum absolute atomic E-state index is 12.3. The lowest BCUT2D eigenvalue weighted by atomic mass is 10.1. The highest BCUT2D eigenvalue weighted by molar-refractivity contribution is 14.1. The standard InChI is InChI=1S/C15H20INO2/c1-15(2,3)19-14(18)17-10-6-9-13(17)11-7-4-5-8-12(11)16/h4-5,7-8,13H,6,9-10H2,1-3H3. The van der Waals surface area contributed by atoms with Gasteiger partial charge in [0.05, 0.1) is 6.04 Å². The Labute approximate surface area is 128 Å². The van der Waals surface area contributed by atoms with E-state index in [1.165, 1.54) is 9.13 Å². The van der Waals surface area contributed by atoms with E-state index in [0.717, 1.165) is 19.4 Å². The first kappa shape index (κ1) is 14.6. The number of benzene rings is 1. The minimum atomic E-state index is -0.436. The third-order valence-electron chi connectivity index (χ3n) is 3.15. The number of carbonyl (C=O) groups excluding carboxylic acids is 1. The number of ether oxygens (including phenoxy) is 1. The summed E-state index contributed by atoms with van der Waals surface area (Å²) in [5.41, 5.74) is 0.792. The van der Waals surface area contributed by atoms with Gasteiger partial charge in [0.1, 0.15) is 5.60 Å². The summed E-state index contributed by atoms with van der Waals surface area (Å²) >= 11 is 2.33. The van der Waals surface area contributed by atoms with E-state index in [9.17, 15) is 4.79 Å². The van der Waals surface area contributed by atoms with Crippen LogP contribution in [0.25, 0.3) is 0 Å². The number of rotatable bonds is 1. The van der Waals surface area contributed by atoms with Gasteiger partial charge in [-0.15, -0.1) is 0 Å². The Bertz CT molecular complexity index is 467. The van der Waals surface area contributed by atoms with Gasteiger partial charge >= 0.3 is 6.09 Å². The first-order chi connectivity index (χ1) is 8.88. The number of likely N-dealkylation sites (tertiary alicyclic amines) is 1. The summed E-state index contributed by atoms with van der Waals surface area (Å²) in [6.07, 6.45) is 1.85. The summed E-state index contributed by atoms with van der Waals surface area (Å²) in [5, 5.41) is 0. The average Bonchev–Trinajstić information content (AvgIpc) is 2.76. The van der Waals surface area contributed by atoms with Crippen LogP contribution >= 0.6 is 22.6 Å². The van der Waals surface area contributed by atoms with Gasteiger partial charge in [0.15, 0.2) is 0 Å². The molecule has 1 aliphatic heterocycles. The van der Waals surface area contributed by atoms with Crippen LogP contribution in [0.2, 0.25) is 0 Å². The van der Waals surface area contributed by atoms with Crippen LogP contribution in [0.4, 0.5) is 4.79 Å². The summed E-state index contributed by atoms with van der Waals surface area (Å²) in [6, 6.07) is 8.40. The van der Waals surface area contributed by atoms with Crippen LogP contribution in [-0.2, 0) is 4.74 Å². The van der Waals surface area contributed by atoms with Crippen molar-refractivity contribution in [2.75, 3.05) is 6.54 Å². The number of amides is 1. The van der Waals surface area contributed by atoms with Crippen molar-refractivity contribution in [1.29, 1.82) is 0 Å². The van der Waals surface area contributed by atoms with E-state index >= 15 is 0 Å². The zero-order valence-electron chi connectivity index (χ0n) is 11.6. The highest BCUT2D eigenvalue weighted by atomic mass is 127. The van der Waals surface area contributed by atoms with Crippen molar-refractivity contribution in [3.8, 4) is 0 Å². The van der Waals surface area contributed by atoms with Crippen LogP contribution in [0.5, 0.6) is 0 Å². The number of hydrogen-bond donors (Lipinski definition) is 0. The van der Waals surface area contributed by atoms with Gasteiger partial charge in [0.25, 0.3) is 0 Å². The molecule has 1 unspecified atom stereocenters. The van der Waals surface area contributed by atoms with Crippen molar-refractivity contribution in [3.63, 3.8) is 0 Å². The lowest BCUT2D eigenvalue weighted by Crippen LogP contribution is -2.36. The normalized spacial score (nSPS) is 19.6. The molecule has 19 heavy (non-hydrogen) atoms. The quantitative estimate of drug-likeness (QED) is 0.685. The molecule has 1 saturated heterocycles. The second-order valence-corrected chi connectivity index (χ2v) is 7.02. The molecule has 104 valence electrons. The fourth-order valence-electron chi connectivity index (χ4n) is 2.37. The zero-order chi connectivity index (χ0) is 14.0. The first-order valence-electron chi connectivity index (χ1n) is 6.62. The largest absolute Gasteiger partial charge is 0.444 e. The van der Waals surface area contributed by atoms with E-state index in [4.69, 9.17) is 4.74 Å². The second-order valence-electron chi connectivity index (χ2n) is 5.85. The Kier molecular flexibility index (Phi) is 4.38. The van der Waals surface area contributed by atoms with E-state index < -0.39 is 5.60 Å². The van der Waals surface area contributed by atoms with E-state index in [1.807, 2.05) is 37.8 Å². The molecule has 0 aliphatic carbocycles. The van der Waals surface area contributed by atoms with E-state index in [-0.39, 0.29) is 12.1 Å². The minimum Gasteiger partial charge on any atom is -0.444 e. The van der Waals surface area contributed by atoms with Gasteiger partial charge < -0.3 is 9.64 Å². The molecular formula is C15H20INO2. The Morgan fingerprint density at radius 2 is 2.05 bits per heavy atom. The van der Waals surface area contributed by atoms with E-state index in [2.05, 4.69) is 34.7 Å². The lowest BCUT2D eigenvalue weighted by molar-refractivity contribution is 0.0224. The van der Waals surface area contributed by atoms with Crippen LogP contribution in [0, 0.1) is 3.57 Å². The first-order valence-corrected chi connectivity index (χ1v) is 7.70. The molecule has 3 nitrogen and oxygen atoms in total. The summed E-state index contributed by atoms with van der Waals surface area (Å²) < 4.78 is 6.71. The third kappa shape index (κ3) is 3.61. The molecule has 1 amide bonds. The topological polar surface area (TPSA) is 29.5 Å². The van der Waals surface area contributed by atoms with Gasteiger partial charge in [-0.2, -0.15) is 0 Å². The molecule has 1 aliphatic rings. The number of nitrogens with zero attached hydrogens (tertiary/aromatic N) is 1. The predicted octanol–water partition coefficient (Wildman–Crippen LogP) is 4.36. The number of hydrogen-bond acceptors (Lipinski definition) is 2. The monoisotopic (exact) mass is 373 g/mol. The molecule has 0 saturated carbocycles. The second kappa shape index (κ2) is 5.69. The average molecular weight is 373 g/mol. The van der Waals surface area contributed by atoms with Gasteiger partial charge in [-0.05, 0) is 67.8 Å². The lowest BCUT2D eigenvalue weighted by Gasteiger charge is -2.29. The highest BCUT2D eigenvalue weighted by Gasteiger charge is 2.33. The number of carbonyl (C=O) groups is 1. The summed E-state index contributed by atoms with van der Waals surface area (Å²) in [4.78, 5) is 14.1. The molecule has 1 fully saturated rings. The zero-order valence-corrected chi connectivity index (χ0v) is 13.8. The van der Waals surface area contributed by atoms with Crippen LogP contribution in [0.3, 0.4) is 0 Å². The maximum Gasteiger partial charge on any atom is 0.410 e. The predicted molar refractivity (Wildman–Crippen MR) is 84.1 cm³/mol. The van der Waals surface area contributed by atoms with Gasteiger partial charge in [-0.3, -0.25) is 0 Å². The van der Waals surface area contributed by atoms with Crippen molar-refractivity contribution in [2.24, 2.45) is 0 Å². The van der Waals surface area contributed by atoms with Crippen LogP contribution in [0.1, 0.15) is 45.2 Å². The Morgan fingerprint density at radius 3 is 2.68 bits per heavy atom. The molecule has 0 spiro atoms. The van der Waals surface area contributed by atoms with Crippen LogP contribution < -0.4 is 0 Å². The molecule has 1 heterocycles. The molecule has 0 radical (unpaired) electrons. The smallest absolute Gasteiger partial charge is 0.410 e. The van der Waals surface area contributed by atoms with Crippen molar-refractivity contribution in [1.82, 2.24) is 4.90 Å². The summed E-state index contributed by atoms with van der Waals surface area (Å²) in [6.45, 7) is 6.50. The summed E-state index contributed by atoms with van der Waals surface area (Å²) in [7, 11) is 0. The molecule has 0 N–H and O–H groups in total. The molecule has 0 bridgehead atoms. The van der Waals surface area contributed by atoms with Crippen LogP contribution in [-0.4, -0.2) is 23.1 Å². The maximum atomic E-state index is 12.3. The third-order valence-corrected chi connectivity index (χ3v) is 4.13. The molecule has 1 atom stereocenters. The van der Waals surface area contributed by atoms with E-state index in [1.54, 1.807) is 0 Å². The van der Waals surface area contributed by atoms with Gasteiger partial charge in [0.2, 0.25) is 0 Å². The SMILES string of the molecule is CC(C)(C)OC(=O)N1CCCC1c1ccccc1I. The molecule has 0 aromatic heterocycles. The van der Waals surface area contributed by atoms with Crippen molar-refractivity contribution >= 4 is 28.7 Å². The molecule has 4 heteroatoms. The van der Waals surface area contributed by atoms with E-state index in [0.29, 0.717) is 0 Å². The molecule has 1 aromatic rings. The van der Waals surface area contributed by atoms with Crippen LogP contribution in [0.15, 0.2) is 24.3 Å². The Balaban J connectivity index is 2.18. The molecular weight excluding hydrogens is 353 g/mol. The Morgan fingerprint density at radius 1 is 1.37 bits per heavy atom. The fourth-order valence-corrected chi connectivity index (χ4v) is 3.12. The van der Waals surface area contributed by atoms with Gasteiger partial charge in [-0.1, -0.05) is 18.2 Å². The van der Waals surface area contributed by atoms with Crippen molar-refractivity contribution < 1.29 is 9.53 Å².